The highest BCUT2D eigenvalue weighted by Gasteiger charge is 2.28. The van der Waals surface area contributed by atoms with Crippen LogP contribution in [0.5, 0.6) is 0 Å². The van der Waals surface area contributed by atoms with E-state index in [1.807, 2.05) is 0 Å². The van der Waals surface area contributed by atoms with E-state index in [1.165, 1.54) is 12.1 Å². The van der Waals surface area contributed by atoms with Crippen molar-refractivity contribution >= 4 is 10.1 Å². The first-order valence-corrected chi connectivity index (χ1v) is 7.50. The van der Waals surface area contributed by atoms with Crippen LogP contribution < -0.4 is 0 Å². The van der Waals surface area contributed by atoms with Gasteiger partial charge in [-0.25, -0.2) is 0 Å². The molecule has 0 aliphatic carbocycles. The Morgan fingerprint density at radius 2 is 1.95 bits per heavy atom. The summed E-state index contributed by atoms with van der Waals surface area (Å²) in [5.41, 5.74) is 0.839. The zero-order valence-electron chi connectivity index (χ0n) is 11.0. The summed E-state index contributed by atoms with van der Waals surface area (Å²) in [5.74, 6) is 0. The Morgan fingerprint density at radius 3 is 2.42 bits per heavy atom. The molecule has 0 bridgehead atoms. The molecule has 106 valence electrons. The lowest BCUT2D eigenvalue weighted by atomic mass is 9.80. The molecule has 1 aromatic carbocycles. The van der Waals surface area contributed by atoms with Gasteiger partial charge >= 0.3 is 0 Å². The summed E-state index contributed by atoms with van der Waals surface area (Å²) >= 11 is 0. The largest absolute Gasteiger partial charge is 0.353 e. The van der Waals surface area contributed by atoms with Gasteiger partial charge in [0.25, 0.3) is 10.1 Å². The van der Waals surface area contributed by atoms with Gasteiger partial charge in [0.15, 0.2) is 0 Å². The summed E-state index contributed by atoms with van der Waals surface area (Å²) in [6, 6.07) is 6.27. The van der Waals surface area contributed by atoms with E-state index >= 15 is 0 Å². The van der Waals surface area contributed by atoms with E-state index < -0.39 is 10.1 Å². The van der Waals surface area contributed by atoms with Crippen molar-refractivity contribution in [1.29, 1.82) is 0 Å². The van der Waals surface area contributed by atoms with Gasteiger partial charge in [-0.2, -0.15) is 8.42 Å². The molecule has 1 N–H and O–H groups in total. The fourth-order valence-corrected chi connectivity index (χ4v) is 2.73. The minimum absolute atomic E-state index is 0.0660. The van der Waals surface area contributed by atoms with Crippen LogP contribution in [0.4, 0.5) is 0 Å². The first kappa shape index (κ1) is 14.5. The normalized spacial score (nSPS) is 20.7. The standard InChI is InChI=1S/C13H18O5S/c1-13(2,7-11-8-17-9-18-11)10-3-5-12(6-4-10)19(14,15)16/h3-6,11H,7-9H2,1-2H3,(H,14,15,16). The van der Waals surface area contributed by atoms with Gasteiger partial charge in [-0.05, 0) is 29.5 Å². The average Bonchev–Trinajstić information content (AvgIpc) is 2.80. The van der Waals surface area contributed by atoms with Crippen molar-refractivity contribution in [3.8, 4) is 0 Å². The zero-order chi connectivity index (χ0) is 14.1. The second-order valence-corrected chi connectivity index (χ2v) is 6.79. The lowest BCUT2D eigenvalue weighted by Gasteiger charge is -2.27. The number of hydrogen-bond acceptors (Lipinski definition) is 4. The molecule has 1 heterocycles. The average molecular weight is 286 g/mol. The fourth-order valence-electron chi connectivity index (χ4n) is 2.25. The van der Waals surface area contributed by atoms with E-state index in [0.29, 0.717) is 13.4 Å². The molecular formula is C13H18O5S. The molecule has 0 saturated carbocycles. The van der Waals surface area contributed by atoms with Crippen molar-refractivity contribution in [2.75, 3.05) is 13.4 Å². The number of rotatable bonds is 4. The number of benzene rings is 1. The summed E-state index contributed by atoms with van der Waals surface area (Å²) in [4.78, 5) is -0.0903. The Labute approximate surface area is 113 Å². The molecular weight excluding hydrogens is 268 g/mol. The Morgan fingerprint density at radius 1 is 1.32 bits per heavy atom. The summed E-state index contributed by atoms with van der Waals surface area (Å²) in [7, 11) is -4.13. The molecule has 1 fully saturated rings. The van der Waals surface area contributed by atoms with E-state index in [2.05, 4.69) is 13.8 Å². The van der Waals surface area contributed by atoms with Crippen LogP contribution >= 0.6 is 0 Å². The minimum Gasteiger partial charge on any atom is -0.353 e. The van der Waals surface area contributed by atoms with Gasteiger partial charge in [-0.1, -0.05) is 26.0 Å². The lowest BCUT2D eigenvalue weighted by molar-refractivity contribution is 0.0392. The molecule has 6 heteroatoms. The number of hydrogen-bond donors (Lipinski definition) is 1. The molecule has 5 nitrogen and oxygen atoms in total. The van der Waals surface area contributed by atoms with Crippen molar-refractivity contribution in [3.63, 3.8) is 0 Å². The maximum Gasteiger partial charge on any atom is 0.294 e. The van der Waals surface area contributed by atoms with Gasteiger partial charge in [0.05, 0.1) is 17.6 Å². The maximum atomic E-state index is 11.0. The molecule has 1 aliphatic rings. The van der Waals surface area contributed by atoms with Crippen LogP contribution in [0.25, 0.3) is 0 Å². The fraction of sp³-hybridized carbons (Fsp3) is 0.538. The molecule has 2 rings (SSSR count). The molecule has 19 heavy (non-hydrogen) atoms. The van der Waals surface area contributed by atoms with E-state index in [0.717, 1.165) is 12.0 Å². The highest BCUT2D eigenvalue weighted by atomic mass is 32.2. The molecule has 1 aromatic rings. The SMILES string of the molecule is CC(C)(CC1COCO1)c1ccc(S(=O)(=O)O)cc1. The third kappa shape index (κ3) is 3.54. The van der Waals surface area contributed by atoms with Crippen LogP contribution in [0.1, 0.15) is 25.8 Å². The second kappa shape index (κ2) is 5.20. The number of ether oxygens (including phenoxy) is 2. The van der Waals surface area contributed by atoms with Gasteiger partial charge in [0.2, 0.25) is 0 Å². The van der Waals surface area contributed by atoms with Crippen molar-refractivity contribution in [2.45, 2.75) is 36.7 Å². The third-order valence-corrected chi connectivity index (χ3v) is 4.23. The lowest BCUT2D eigenvalue weighted by Crippen LogP contribution is -2.26. The van der Waals surface area contributed by atoms with Crippen LogP contribution in [0.2, 0.25) is 0 Å². The van der Waals surface area contributed by atoms with E-state index in [4.69, 9.17) is 14.0 Å². The van der Waals surface area contributed by atoms with Gasteiger partial charge in [-0.15, -0.1) is 0 Å². The smallest absolute Gasteiger partial charge is 0.294 e. The summed E-state index contributed by atoms with van der Waals surface area (Å²) in [5, 5.41) is 0. The van der Waals surface area contributed by atoms with Crippen LogP contribution in [-0.2, 0) is 25.0 Å². The molecule has 0 radical (unpaired) electrons. The van der Waals surface area contributed by atoms with Crippen molar-refractivity contribution < 1.29 is 22.4 Å². The third-order valence-electron chi connectivity index (χ3n) is 3.36. The Balaban J connectivity index is 2.15. The summed E-state index contributed by atoms with van der Waals surface area (Å²) in [6.07, 6.45) is 0.856. The summed E-state index contributed by atoms with van der Waals surface area (Å²) < 4.78 is 41.5. The molecule has 0 spiro atoms. The zero-order valence-corrected chi connectivity index (χ0v) is 11.8. The van der Waals surface area contributed by atoms with Gasteiger partial charge < -0.3 is 9.47 Å². The van der Waals surface area contributed by atoms with Gasteiger partial charge in [0, 0.05) is 0 Å². The van der Waals surface area contributed by atoms with Gasteiger partial charge in [-0.3, -0.25) is 4.55 Å². The van der Waals surface area contributed by atoms with E-state index in [1.54, 1.807) is 12.1 Å². The first-order valence-electron chi connectivity index (χ1n) is 6.06. The monoisotopic (exact) mass is 286 g/mol. The maximum absolute atomic E-state index is 11.0. The van der Waals surface area contributed by atoms with Crippen LogP contribution in [0.15, 0.2) is 29.2 Å². The van der Waals surface area contributed by atoms with Crippen molar-refractivity contribution in [3.05, 3.63) is 29.8 Å². The highest BCUT2D eigenvalue weighted by Crippen LogP contribution is 2.31. The predicted octanol–water partition coefficient (Wildman–Crippen LogP) is 1.97. The Bertz CT molecular complexity index is 527. The highest BCUT2D eigenvalue weighted by molar-refractivity contribution is 7.85. The van der Waals surface area contributed by atoms with Crippen molar-refractivity contribution in [1.82, 2.24) is 0 Å². The Hall–Kier alpha value is -0.950. The predicted molar refractivity (Wildman–Crippen MR) is 69.6 cm³/mol. The minimum atomic E-state index is -4.13. The molecule has 1 saturated heterocycles. The van der Waals surface area contributed by atoms with E-state index in [-0.39, 0.29) is 16.4 Å². The second-order valence-electron chi connectivity index (χ2n) is 5.36. The van der Waals surface area contributed by atoms with Crippen molar-refractivity contribution in [2.24, 2.45) is 0 Å². The Kier molecular flexibility index (Phi) is 3.96. The summed E-state index contributed by atoms with van der Waals surface area (Å²) in [6.45, 7) is 5.06. The van der Waals surface area contributed by atoms with Crippen LogP contribution in [0.3, 0.4) is 0 Å². The van der Waals surface area contributed by atoms with Gasteiger partial charge in [0.1, 0.15) is 6.79 Å². The quantitative estimate of drug-likeness (QED) is 0.857. The topological polar surface area (TPSA) is 72.8 Å². The molecule has 0 amide bonds. The molecule has 0 aromatic heterocycles. The van der Waals surface area contributed by atoms with Crippen LogP contribution in [0, 0.1) is 0 Å². The first-order chi connectivity index (χ1) is 8.79. The molecule has 1 unspecified atom stereocenters. The molecule has 1 atom stereocenters. The molecule has 1 aliphatic heterocycles. The van der Waals surface area contributed by atoms with E-state index in [9.17, 15) is 8.42 Å². The van der Waals surface area contributed by atoms with Crippen LogP contribution in [-0.4, -0.2) is 32.5 Å².